The zero-order valence-corrected chi connectivity index (χ0v) is 31.4. The number of ether oxygens (including phenoxy) is 2. The van der Waals surface area contributed by atoms with Gasteiger partial charge in [0.15, 0.2) is 0 Å². The van der Waals surface area contributed by atoms with Crippen molar-refractivity contribution in [2.24, 2.45) is 17.8 Å². The van der Waals surface area contributed by atoms with Gasteiger partial charge in [0.05, 0.1) is 13.2 Å². The van der Waals surface area contributed by atoms with E-state index >= 15 is 0 Å². The van der Waals surface area contributed by atoms with Crippen LogP contribution in [-0.2, 0) is 19.1 Å². The summed E-state index contributed by atoms with van der Waals surface area (Å²) >= 11 is 0. The van der Waals surface area contributed by atoms with Gasteiger partial charge in [-0.25, -0.2) is 0 Å². The molecule has 0 saturated carbocycles. The van der Waals surface area contributed by atoms with Crippen molar-refractivity contribution < 1.29 is 24.2 Å². The van der Waals surface area contributed by atoms with Crippen LogP contribution in [0.25, 0.3) is 0 Å². The zero-order valence-electron chi connectivity index (χ0n) is 31.4. The molecular weight excluding hydrogens is 572 g/mol. The minimum absolute atomic E-state index is 0.0115. The molecule has 5 heteroatoms. The van der Waals surface area contributed by atoms with Gasteiger partial charge in [0, 0.05) is 25.4 Å². The first-order chi connectivity index (χ1) is 22.5. The first kappa shape index (κ1) is 44.9. The highest BCUT2D eigenvalue weighted by Gasteiger charge is 2.20. The molecule has 0 amide bonds. The lowest BCUT2D eigenvalue weighted by Crippen LogP contribution is -2.23. The molecule has 0 heterocycles. The van der Waals surface area contributed by atoms with Crippen LogP contribution in [0.1, 0.15) is 214 Å². The van der Waals surface area contributed by atoms with Crippen LogP contribution < -0.4 is 0 Å². The molecule has 0 rings (SSSR count). The largest absolute Gasteiger partial charge is 0.465 e. The standard InChI is InChI=1S/C41H80O5/c1-5-9-13-17-19-23-29-37(27-21-15-11-7-3)33-40(43)45-35-39(31-25-26-32-42)36-46-41(44)34-38(28-22-16-12-8-4)30-24-20-18-14-10-6-2/h37-39,42H,5-36H2,1-4H3. The molecule has 0 saturated heterocycles. The second-order valence-electron chi connectivity index (χ2n) is 14.4. The third kappa shape index (κ3) is 30.2. The van der Waals surface area contributed by atoms with Crippen molar-refractivity contribution in [2.75, 3.05) is 19.8 Å². The third-order valence-electron chi connectivity index (χ3n) is 9.75. The first-order valence-electron chi connectivity index (χ1n) is 20.4. The van der Waals surface area contributed by atoms with Crippen molar-refractivity contribution in [2.45, 2.75) is 214 Å². The van der Waals surface area contributed by atoms with Gasteiger partial charge in [0.2, 0.25) is 0 Å². The van der Waals surface area contributed by atoms with Crippen molar-refractivity contribution in [3.05, 3.63) is 0 Å². The number of carbonyl (C=O) groups excluding carboxylic acids is 2. The lowest BCUT2D eigenvalue weighted by Gasteiger charge is -2.21. The molecule has 274 valence electrons. The van der Waals surface area contributed by atoms with Crippen molar-refractivity contribution >= 4 is 11.9 Å². The van der Waals surface area contributed by atoms with E-state index in [1.54, 1.807) is 0 Å². The molecule has 2 atom stereocenters. The molecule has 46 heavy (non-hydrogen) atoms. The van der Waals surface area contributed by atoms with E-state index in [-0.39, 0.29) is 24.5 Å². The van der Waals surface area contributed by atoms with Crippen molar-refractivity contribution in [3.8, 4) is 0 Å². The average Bonchev–Trinajstić information content (AvgIpc) is 3.05. The number of aliphatic hydroxyl groups excluding tert-OH is 1. The van der Waals surface area contributed by atoms with E-state index < -0.39 is 0 Å². The summed E-state index contributed by atoms with van der Waals surface area (Å²) in [6, 6.07) is 0. The van der Waals surface area contributed by atoms with Gasteiger partial charge in [-0.2, -0.15) is 0 Å². The maximum Gasteiger partial charge on any atom is 0.306 e. The minimum Gasteiger partial charge on any atom is -0.465 e. The molecule has 0 aromatic heterocycles. The van der Waals surface area contributed by atoms with Crippen molar-refractivity contribution in [1.29, 1.82) is 0 Å². The van der Waals surface area contributed by atoms with E-state index in [9.17, 15) is 14.7 Å². The molecular formula is C41H80O5. The Morgan fingerprint density at radius 2 is 0.696 bits per heavy atom. The fraction of sp³-hybridized carbons (Fsp3) is 0.951. The van der Waals surface area contributed by atoms with Crippen LogP contribution in [0.3, 0.4) is 0 Å². The summed E-state index contributed by atoms with van der Waals surface area (Å²) in [5, 5.41) is 9.31. The lowest BCUT2D eigenvalue weighted by atomic mass is 9.91. The summed E-state index contributed by atoms with van der Waals surface area (Å²) in [4.78, 5) is 26.0. The predicted molar refractivity (Wildman–Crippen MR) is 196 cm³/mol. The number of rotatable bonds is 36. The van der Waals surface area contributed by atoms with Gasteiger partial charge in [-0.15, -0.1) is 0 Å². The smallest absolute Gasteiger partial charge is 0.306 e. The SMILES string of the molecule is CCCCCCCCC(CCCCCC)CC(=O)OCC(CCCCO)COC(=O)CC(CCCCCC)CCCCCCCC. The Kier molecular flexibility index (Phi) is 34.4. The maximum atomic E-state index is 13.0. The first-order valence-corrected chi connectivity index (χ1v) is 20.4. The molecule has 0 aliphatic carbocycles. The van der Waals surface area contributed by atoms with E-state index in [0.29, 0.717) is 44.3 Å². The van der Waals surface area contributed by atoms with E-state index in [2.05, 4.69) is 27.7 Å². The minimum atomic E-state index is -0.101. The monoisotopic (exact) mass is 653 g/mol. The molecule has 2 unspecified atom stereocenters. The number of unbranched alkanes of at least 4 members (excludes halogenated alkanes) is 17. The van der Waals surface area contributed by atoms with Crippen molar-refractivity contribution in [3.63, 3.8) is 0 Å². The van der Waals surface area contributed by atoms with Gasteiger partial charge in [0.25, 0.3) is 0 Å². The molecule has 0 aromatic rings. The molecule has 0 aromatic carbocycles. The number of aliphatic hydroxyl groups is 1. The fourth-order valence-corrected chi connectivity index (χ4v) is 6.61. The van der Waals surface area contributed by atoms with Crippen LogP contribution in [0, 0.1) is 17.8 Å². The molecule has 0 aliphatic rings. The molecule has 5 nitrogen and oxygen atoms in total. The summed E-state index contributed by atoms with van der Waals surface area (Å²) in [5.74, 6) is 0.596. The Bertz CT molecular complexity index is 601. The summed E-state index contributed by atoms with van der Waals surface area (Å²) in [6.07, 6.45) is 33.0. The van der Waals surface area contributed by atoms with Crippen molar-refractivity contribution in [1.82, 2.24) is 0 Å². The summed E-state index contributed by atoms with van der Waals surface area (Å²) < 4.78 is 11.7. The maximum absolute atomic E-state index is 13.0. The molecule has 0 bridgehead atoms. The van der Waals surface area contributed by atoms with E-state index in [4.69, 9.17) is 9.47 Å². The van der Waals surface area contributed by atoms with E-state index in [0.717, 1.165) is 38.5 Å². The van der Waals surface area contributed by atoms with Gasteiger partial charge in [-0.1, -0.05) is 163 Å². The Morgan fingerprint density at radius 3 is 1.04 bits per heavy atom. The quantitative estimate of drug-likeness (QED) is 0.0538. The van der Waals surface area contributed by atoms with Crippen LogP contribution in [-0.4, -0.2) is 36.9 Å². The fourth-order valence-electron chi connectivity index (χ4n) is 6.61. The Labute approximate surface area is 287 Å². The van der Waals surface area contributed by atoms with Crippen LogP contribution in [0.15, 0.2) is 0 Å². The van der Waals surface area contributed by atoms with E-state index in [1.807, 2.05) is 0 Å². The summed E-state index contributed by atoms with van der Waals surface area (Å²) in [7, 11) is 0. The highest BCUT2D eigenvalue weighted by Crippen LogP contribution is 2.24. The van der Waals surface area contributed by atoms with Crippen LogP contribution >= 0.6 is 0 Å². The average molecular weight is 653 g/mol. The third-order valence-corrected chi connectivity index (χ3v) is 9.75. The second kappa shape index (κ2) is 35.2. The highest BCUT2D eigenvalue weighted by atomic mass is 16.5. The Balaban J connectivity index is 4.87. The number of hydrogen-bond acceptors (Lipinski definition) is 5. The second-order valence-corrected chi connectivity index (χ2v) is 14.4. The molecule has 1 N–H and O–H groups in total. The molecule has 0 aliphatic heterocycles. The molecule has 0 fully saturated rings. The number of hydrogen-bond donors (Lipinski definition) is 1. The molecule has 0 spiro atoms. The number of carbonyl (C=O) groups is 2. The summed E-state index contributed by atoms with van der Waals surface area (Å²) in [5.41, 5.74) is 0. The van der Waals surface area contributed by atoms with Gasteiger partial charge in [0.1, 0.15) is 0 Å². The van der Waals surface area contributed by atoms with Crippen LogP contribution in [0.2, 0.25) is 0 Å². The van der Waals surface area contributed by atoms with E-state index in [1.165, 1.54) is 128 Å². The van der Waals surface area contributed by atoms with Gasteiger partial charge < -0.3 is 14.6 Å². The van der Waals surface area contributed by atoms with Gasteiger partial charge >= 0.3 is 11.9 Å². The number of esters is 2. The lowest BCUT2D eigenvalue weighted by molar-refractivity contribution is -0.150. The van der Waals surface area contributed by atoms with Crippen LogP contribution in [0.5, 0.6) is 0 Å². The predicted octanol–water partition coefficient (Wildman–Crippen LogP) is 12.3. The molecule has 0 radical (unpaired) electrons. The highest BCUT2D eigenvalue weighted by molar-refractivity contribution is 5.70. The van der Waals surface area contributed by atoms with Crippen LogP contribution in [0.4, 0.5) is 0 Å². The Hall–Kier alpha value is -1.10. The summed E-state index contributed by atoms with van der Waals surface area (Å²) in [6.45, 7) is 9.74. The van der Waals surface area contributed by atoms with Gasteiger partial charge in [-0.05, 0) is 50.4 Å². The van der Waals surface area contributed by atoms with Gasteiger partial charge in [-0.3, -0.25) is 9.59 Å². The Morgan fingerprint density at radius 1 is 0.413 bits per heavy atom. The normalized spacial score (nSPS) is 13.4. The topological polar surface area (TPSA) is 72.8 Å². The zero-order chi connectivity index (χ0) is 33.9.